The SMILES string of the molecule is CC(C)(C)[SiH](c1ccccc1)c1ccccc1.COC(=O)[C@@H](N)CO.COC(=O)[C@@H](N)CO.COC(=O)[C@@H](N)CO[Si](c1ccccc1)(c1ccccc1)C(C)(C)C.COC(=O)[C@@H](N)CO[Si](c1ccccc1)(c1ccccc1)C(C)(C)C.N[C@@H](CO)C(=O)O.O=C(Cl)OCc1ccccc1.O=COCc1ccccc1.O=COCc1ccccc1.O=S(Cl)Cl.[CH3-].[Pd]. The standard InChI is InChI=1S/2C20H27NO3Si.C16H20Si.C8H7ClO2.2C8H8O2.2C4H9NO3.C3H7NO3.CH3.Cl2OS.Pd/c2*1-20(2,3)25(16-11-7-5-8-12-16,17-13-9-6-10-14-17)24-15-18(21)19(22)23-4;1-16(2,3)17(14-10-6-4-7-11-14)15-12-8-5-9-13-15;9-8(10)11-6-7-4-2-1-3-5-7;2*9-7-10-6-8-4-2-1-3-5-8;2*1-8-4(7)3(5)2-6;4-2(1-5)3(6)7;;1-4(2)3;/h2*5-14,18H,15,21H2,1-4H3;4-13,17H,1-3H3;1-5H,6H2;2*1-5,7H,6H2;2*3,6H,2,5H2,1H3;2,5H,1,4H2,(H,6,7);1H3;;/q;;;;;;;;;-1;;/t2*18-;;;;;2*3-;2-;;;/m00....000.../s1. The van der Waals surface area contributed by atoms with Gasteiger partial charge in [0.1, 0.15) is 58.8 Å². The van der Waals surface area contributed by atoms with Gasteiger partial charge in [-0.2, -0.15) is 0 Å². The zero-order chi connectivity index (χ0) is 94.5. The minimum atomic E-state index is -2.66. The molecule has 9 aromatic carbocycles. The van der Waals surface area contributed by atoms with Crippen molar-refractivity contribution in [2.45, 2.75) is 127 Å². The van der Waals surface area contributed by atoms with Crippen LogP contribution in [0.5, 0.6) is 0 Å². The third-order valence-corrected chi connectivity index (χ3v) is 31.3. The fourth-order valence-corrected chi connectivity index (χ4v) is 24.4. The third kappa shape index (κ3) is 48.6. The summed E-state index contributed by atoms with van der Waals surface area (Å²) >= 11 is 4.97. The van der Waals surface area contributed by atoms with Crippen LogP contribution in [0.2, 0.25) is 15.1 Å². The number of aliphatic carboxylic acids is 1. The monoisotopic (exact) mass is 1980 g/mol. The Kier molecular flexibility index (Phi) is 66.0. The van der Waals surface area contributed by atoms with Crippen molar-refractivity contribution in [2.75, 3.05) is 61.5 Å². The van der Waals surface area contributed by atoms with Gasteiger partial charge in [0.2, 0.25) is 9.23 Å². The summed E-state index contributed by atoms with van der Waals surface area (Å²) in [7, 11) is 6.02. The van der Waals surface area contributed by atoms with Crippen molar-refractivity contribution in [1.82, 2.24) is 0 Å². The van der Waals surface area contributed by atoms with Gasteiger partial charge >= 0.3 is 35.3 Å². The second kappa shape index (κ2) is 68.8. The number of benzene rings is 9. The molecule has 0 aliphatic rings. The van der Waals surface area contributed by atoms with E-state index >= 15 is 0 Å². The number of esters is 4. The van der Waals surface area contributed by atoms with Gasteiger partial charge in [0.15, 0.2) is 0 Å². The minimum Gasteiger partial charge on any atom is -0.480 e. The molecule has 0 unspecified atom stereocenters. The van der Waals surface area contributed by atoms with Gasteiger partial charge in [-0.1, -0.05) is 346 Å². The van der Waals surface area contributed by atoms with Crippen molar-refractivity contribution in [3.8, 4) is 0 Å². The maximum absolute atomic E-state index is 11.7. The van der Waals surface area contributed by atoms with Gasteiger partial charge in [0, 0.05) is 53.4 Å². The normalized spacial score (nSPS) is 11.6. The number of halogens is 3. The van der Waals surface area contributed by atoms with Crippen LogP contribution in [-0.2, 0) is 125 Å². The number of nitrogens with two attached hydrogens (primary N) is 5. The van der Waals surface area contributed by atoms with Gasteiger partial charge in [0.25, 0.3) is 29.6 Å². The number of carbonyl (C=O) groups excluding carboxylic acids is 7. The largest absolute Gasteiger partial charge is 0.480 e. The molecule has 0 amide bonds. The zero-order valence-electron chi connectivity index (χ0n) is 74.1. The Bertz CT molecular complexity index is 4120. The number of methoxy groups -OCH3 is 4. The fraction of sp³-hybridized carbons (Fsp3) is 0.315. The van der Waals surface area contributed by atoms with E-state index in [2.05, 4.69) is 217 Å². The molecule has 9 rings (SSSR count). The number of hydrogen-bond donors (Lipinski definition) is 9. The topological polar surface area (TPSA) is 448 Å². The van der Waals surface area contributed by atoms with E-state index in [9.17, 15) is 38.4 Å². The van der Waals surface area contributed by atoms with Crippen molar-refractivity contribution in [1.29, 1.82) is 0 Å². The first-order valence-corrected chi connectivity index (χ1v) is 47.5. The number of carboxylic acids is 1. The van der Waals surface area contributed by atoms with Gasteiger partial charge in [-0.25, -0.2) is 9.00 Å². The molecule has 9 aromatic rings. The summed E-state index contributed by atoms with van der Waals surface area (Å²) in [5.41, 5.74) is 28.9. The number of aliphatic hydroxyl groups is 3. The van der Waals surface area contributed by atoms with Crippen LogP contribution >= 0.6 is 33.0 Å². The molecule has 0 aromatic heterocycles. The molecule has 0 bridgehead atoms. The summed E-state index contributed by atoms with van der Waals surface area (Å²) in [6.07, 6.45) is 0. The Morgan fingerprint density at radius 2 is 0.606 bits per heavy atom. The summed E-state index contributed by atoms with van der Waals surface area (Å²) in [4.78, 5) is 83.3. The van der Waals surface area contributed by atoms with Crippen LogP contribution in [0, 0.1) is 7.43 Å². The van der Waals surface area contributed by atoms with E-state index in [1.165, 1.54) is 38.8 Å². The van der Waals surface area contributed by atoms with Crippen molar-refractivity contribution >= 4 is 147 Å². The average molecular weight is 1980 g/mol. The van der Waals surface area contributed by atoms with Crippen LogP contribution in [0.15, 0.2) is 273 Å². The molecule has 0 saturated heterocycles. The Labute approximate surface area is 781 Å². The summed E-state index contributed by atoms with van der Waals surface area (Å²) in [6.45, 7) is 21.1. The number of ether oxygens (including phenoxy) is 7. The summed E-state index contributed by atoms with van der Waals surface area (Å²) in [5, 5.41) is 40.1. The van der Waals surface area contributed by atoms with Crippen LogP contribution < -0.4 is 59.8 Å². The molecule has 700 valence electrons. The molecule has 0 heterocycles. The second-order valence-corrected chi connectivity index (χ2v) is 44.9. The van der Waals surface area contributed by atoms with Gasteiger partial charge in [0.05, 0.1) is 61.5 Å². The predicted molar refractivity (Wildman–Crippen MR) is 506 cm³/mol. The quantitative estimate of drug-likeness (QED) is 0.00551. The molecule has 127 heavy (non-hydrogen) atoms. The molecule has 35 heteroatoms. The Morgan fingerprint density at radius 3 is 0.780 bits per heavy atom. The Morgan fingerprint density at radius 1 is 0.394 bits per heavy atom. The van der Waals surface area contributed by atoms with Crippen molar-refractivity contribution in [3.63, 3.8) is 0 Å². The van der Waals surface area contributed by atoms with Crippen LogP contribution in [0.4, 0.5) is 4.79 Å². The molecule has 0 radical (unpaired) electrons. The van der Waals surface area contributed by atoms with E-state index in [-0.39, 0.29) is 71.0 Å². The Hall–Kier alpha value is -9.33. The summed E-state index contributed by atoms with van der Waals surface area (Å²) in [6, 6.07) is 86.9. The molecule has 27 nitrogen and oxygen atoms in total. The van der Waals surface area contributed by atoms with E-state index < -0.39 is 107 Å². The molecule has 0 aliphatic heterocycles. The van der Waals surface area contributed by atoms with E-state index in [1.54, 1.807) is 0 Å². The van der Waals surface area contributed by atoms with E-state index in [4.69, 9.17) is 83.2 Å². The first kappa shape index (κ1) is 122. The molecule has 0 spiro atoms. The smallest absolute Gasteiger partial charge is 0.404 e. The molecule has 5 atom stereocenters. The number of carbonyl (C=O) groups is 8. The van der Waals surface area contributed by atoms with Crippen molar-refractivity contribution < 1.29 is 125 Å². The van der Waals surface area contributed by atoms with Crippen molar-refractivity contribution in [2.24, 2.45) is 28.7 Å². The minimum absolute atomic E-state index is 0. The van der Waals surface area contributed by atoms with Crippen LogP contribution in [0.25, 0.3) is 0 Å². The van der Waals surface area contributed by atoms with Gasteiger partial charge < -0.3 is 98.5 Å². The molecule has 0 fully saturated rings. The summed E-state index contributed by atoms with van der Waals surface area (Å²) in [5.74, 6) is -3.28. The first-order chi connectivity index (χ1) is 59.2. The van der Waals surface area contributed by atoms with Crippen molar-refractivity contribution in [3.05, 3.63) is 297 Å². The number of aliphatic hydroxyl groups excluding tert-OH is 3. The average Bonchev–Trinajstić information content (AvgIpc) is 0.751. The zero-order valence-corrected chi connectivity index (χ0v) is 81.9. The third-order valence-electron chi connectivity index (χ3n) is 17.4. The molecule has 0 aliphatic carbocycles. The second-order valence-electron chi connectivity index (χ2n) is 29.6. The number of rotatable bonds is 28. The molecular formula is C92H125Cl3N5O22PdSSi3-. The number of hydrogen-bond acceptors (Lipinski definition) is 26. The molecular weight excluding hydrogens is 1860 g/mol. The maximum Gasteiger partial charge on any atom is 0.404 e. The fourth-order valence-electron chi connectivity index (χ4n) is 11.5. The molecule has 14 N–H and O–H groups in total. The van der Waals surface area contributed by atoms with Crippen LogP contribution in [0.1, 0.15) is 79.0 Å². The Balaban J connectivity index is -0.00000140. The maximum atomic E-state index is 11.7. The van der Waals surface area contributed by atoms with E-state index in [0.717, 1.165) is 37.4 Å². The number of carboxylic acid groups (broad SMARTS) is 1. The van der Waals surface area contributed by atoms with Crippen LogP contribution in [-0.4, -0.2) is 190 Å². The summed E-state index contributed by atoms with van der Waals surface area (Å²) < 4.78 is 53.7. The van der Waals surface area contributed by atoms with Gasteiger partial charge in [-0.05, 0) is 52.6 Å². The molecule has 0 saturated carbocycles. The van der Waals surface area contributed by atoms with Crippen LogP contribution in [0.3, 0.4) is 0 Å². The van der Waals surface area contributed by atoms with E-state index in [0.29, 0.717) is 31.2 Å². The van der Waals surface area contributed by atoms with E-state index in [1.807, 2.05) is 164 Å². The van der Waals surface area contributed by atoms with Gasteiger partial charge in [-0.3, -0.25) is 33.6 Å². The van der Waals surface area contributed by atoms with Gasteiger partial charge in [-0.15, -0.1) is 0 Å². The predicted octanol–water partition coefficient (Wildman–Crippen LogP) is 9.07. The first-order valence-electron chi connectivity index (χ1n) is 38.8.